The van der Waals surface area contributed by atoms with Gasteiger partial charge >= 0.3 is 0 Å². The number of benzene rings is 1. The molecule has 0 aliphatic carbocycles. The first kappa shape index (κ1) is 14.0. The molecule has 0 atom stereocenters. The summed E-state index contributed by atoms with van der Waals surface area (Å²) in [5.74, 6) is 0.951. The van der Waals surface area contributed by atoms with Crippen LogP contribution in [0.4, 0.5) is 0 Å². The molecule has 0 spiro atoms. The highest BCUT2D eigenvalue weighted by Crippen LogP contribution is 2.20. The van der Waals surface area contributed by atoms with Crippen LogP contribution in [0.5, 0.6) is 5.75 Å². The van der Waals surface area contributed by atoms with E-state index in [1.165, 1.54) is 0 Å². The van der Waals surface area contributed by atoms with Crippen LogP contribution in [0.25, 0.3) is 0 Å². The highest BCUT2D eigenvalue weighted by molar-refractivity contribution is 7.90. The van der Waals surface area contributed by atoms with Gasteiger partial charge in [-0.25, -0.2) is 8.42 Å². The van der Waals surface area contributed by atoms with Gasteiger partial charge in [0.15, 0.2) is 9.84 Å². The van der Waals surface area contributed by atoms with Crippen LogP contribution >= 0.6 is 0 Å². The van der Waals surface area contributed by atoms with Crippen molar-refractivity contribution in [3.8, 4) is 5.75 Å². The number of rotatable bonds is 4. The fourth-order valence-corrected chi connectivity index (χ4v) is 3.84. The second-order valence-electron chi connectivity index (χ2n) is 5.44. The van der Waals surface area contributed by atoms with Crippen LogP contribution in [-0.4, -0.2) is 21.3 Å². The smallest absolute Gasteiger partial charge is 0.154 e. The molecule has 4 heteroatoms. The molecule has 0 aliphatic rings. The molecule has 0 heterocycles. The average Bonchev–Trinajstić information content (AvgIpc) is 2.13. The molecule has 1 aromatic rings. The number of hydrogen-bond donors (Lipinski definition) is 0. The minimum atomic E-state index is -3.07. The van der Waals surface area contributed by atoms with Crippen molar-refractivity contribution in [2.24, 2.45) is 5.41 Å². The van der Waals surface area contributed by atoms with E-state index in [4.69, 9.17) is 4.74 Å². The lowest BCUT2D eigenvalue weighted by Crippen LogP contribution is -2.22. The molecule has 17 heavy (non-hydrogen) atoms. The molecule has 0 aromatic heterocycles. The Labute approximate surface area is 104 Å². The summed E-state index contributed by atoms with van der Waals surface area (Å²) >= 11 is 0. The van der Waals surface area contributed by atoms with Crippen molar-refractivity contribution < 1.29 is 13.2 Å². The fourth-order valence-electron chi connectivity index (χ4n) is 1.73. The van der Waals surface area contributed by atoms with Crippen molar-refractivity contribution in [2.45, 2.75) is 26.5 Å². The Morgan fingerprint density at radius 2 is 1.88 bits per heavy atom. The van der Waals surface area contributed by atoms with Gasteiger partial charge in [0, 0.05) is 0 Å². The maximum absolute atomic E-state index is 12.0. The molecule has 0 amide bonds. The first-order chi connectivity index (χ1) is 7.72. The van der Waals surface area contributed by atoms with Crippen molar-refractivity contribution in [1.29, 1.82) is 0 Å². The first-order valence-corrected chi connectivity index (χ1v) is 7.37. The van der Waals surface area contributed by atoms with Crippen LogP contribution in [0.3, 0.4) is 0 Å². The Morgan fingerprint density at radius 3 is 2.41 bits per heavy atom. The van der Waals surface area contributed by atoms with Crippen LogP contribution in [0.15, 0.2) is 24.3 Å². The summed E-state index contributed by atoms with van der Waals surface area (Å²) < 4.78 is 29.0. The third-order valence-electron chi connectivity index (χ3n) is 2.17. The molecule has 0 radical (unpaired) electrons. The SMILES string of the molecule is COc1cccc(CS(=O)(=O)CC(C)(C)C)c1. The van der Waals surface area contributed by atoms with Crippen molar-refractivity contribution in [3.63, 3.8) is 0 Å². The maximum atomic E-state index is 12.0. The number of sulfone groups is 1. The van der Waals surface area contributed by atoms with E-state index >= 15 is 0 Å². The molecule has 0 N–H and O–H groups in total. The molecule has 96 valence electrons. The summed E-state index contributed by atoms with van der Waals surface area (Å²) in [5.41, 5.74) is 0.561. The van der Waals surface area contributed by atoms with Crippen molar-refractivity contribution >= 4 is 9.84 Å². The van der Waals surface area contributed by atoms with E-state index in [-0.39, 0.29) is 16.9 Å². The normalized spacial score (nSPS) is 12.5. The zero-order valence-corrected chi connectivity index (χ0v) is 11.7. The number of methoxy groups -OCH3 is 1. The largest absolute Gasteiger partial charge is 0.497 e. The van der Waals surface area contributed by atoms with Gasteiger partial charge in [0.2, 0.25) is 0 Å². The van der Waals surface area contributed by atoms with Crippen LogP contribution in [0.1, 0.15) is 26.3 Å². The zero-order chi connectivity index (χ0) is 13.1. The average molecular weight is 256 g/mol. The lowest BCUT2D eigenvalue weighted by molar-refractivity contribution is 0.414. The predicted octanol–water partition coefficient (Wildman–Crippen LogP) is 2.66. The van der Waals surface area contributed by atoms with Crippen molar-refractivity contribution in [3.05, 3.63) is 29.8 Å². The molecular weight excluding hydrogens is 236 g/mol. The summed E-state index contributed by atoms with van der Waals surface area (Å²) in [6.07, 6.45) is 0. The molecule has 0 saturated carbocycles. The molecule has 0 saturated heterocycles. The van der Waals surface area contributed by atoms with E-state index in [1.807, 2.05) is 26.8 Å². The highest BCUT2D eigenvalue weighted by Gasteiger charge is 2.21. The van der Waals surface area contributed by atoms with Gasteiger partial charge in [0.05, 0.1) is 18.6 Å². The Kier molecular flexibility index (Phi) is 4.20. The van der Waals surface area contributed by atoms with Crippen molar-refractivity contribution in [2.75, 3.05) is 12.9 Å². The molecule has 1 rings (SSSR count). The standard InChI is InChI=1S/C13H20O3S/c1-13(2,3)10-17(14,15)9-11-6-5-7-12(8-11)16-4/h5-8H,9-10H2,1-4H3. The van der Waals surface area contributed by atoms with Crippen LogP contribution in [0, 0.1) is 5.41 Å². The van der Waals surface area contributed by atoms with Crippen LogP contribution in [0.2, 0.25) is 0 Å². The molecule has 0 unspecified atom stereocenters. The third-order valence-corrected chi connectivity index (χ3v) is 4.25. The van der Waals surface area contributed by atoms with Gasteiger partial charge < -0.3 is 4.74 Å². The van der Waals surface area contributed by atoms with E-state index in [9.17, 15) is 8.42 Å². The van der Waals surface area contributed by atoms with Crippen LogP contribution in [-0.2, 0) is 15.6 Å². The number of hydrogen-bond acceptors (Lipinski definition) is 3. The highest BCUT2D eigenvalue weighted by atomic mass is 32.2. The minimum Gasteiger partial charge on any atom is -0.497 e. The molecular formula is C13H20O3S. The molecule has 3 nitrogen and oxygen atoms in total. The fraction of sp³-hybridized carbons (Fsp3) is 0.538. The number of ether oxygens (including phenoxy) is 1. The first-order valence-electron chi connectivity index (χ1n) is 5.55. The monoisotopic (exact) mass is 256 g/mol. The van der Waals surface area contributed by atoms with E-state index < -0.39 is 9.84 Å². The van der Waals surface area contributed by atoms with Gasteiger partial charge in [-0.3, -0.25) is 0 Å². The minimum absolute atomic E-state index is 0.0709. The lowest BCUT2D eigenvalue weighted by atomic mass is 10.0. The predicted molar refractivity (Wildman–Crippen MR) is 69.9 cm³/mol. The van der Waals surface area contributed by atoms with Gasteiger partial charge in [-0.2, -0.15) is 0 Å². The lowest BCUT2D eigenvalue weighted by Gasteiger charge is -2.18. The summed E-state index contributed by atoms with van der Waals surface area (Å²) in [6, 6.07) is 7.18. The quantitative estimate of drug-likeness (QED) is 0.831. The summed E-state index contributed by atoms with van der Waals surface area (Å²) in [6.45, 7) is 5.78. The zero-order valence-electron chi connectivity index (χ0n) is 10.9. The second-order valence-corrected chi connectivity index (χ2v) is 7.51. The summed E-state index contributed by atoms with van der Waals surface area (Å²) in [5, 5.41) is 0. The summed E-state index contributed by atoms with van der Waals surface area (Å²) in [4.78, 5) is 0. The Morgan fingerprint density at radius 1 is 1.24 bits per heavy atom. The Bertz CT molecular complexity index is 470. The second kappa shape index (κ2) is 5.08. The summed E-state index contributed by atoms with van der Waals surface area (Å²) in [7, 11) is -1.50. The van der Waals surface area contributed by atoms with E-state index in [2.05, 4.69) is 0 Å². The topological polar surface area (TPSA) is 43.4 Å². The van der Waals surface area contributed by atoms with E-state index in [0.29, 0.717) is 5.75 Å². The van der Waals surface area contributed by atoms with Gasteiger partial charge in [-0.15, -0.1) is 0 Å². The van der Waals surface area contributed by atoms with Crippen LogP contribution < -0.4 is 4.74 Å². The maximum Gasteiger partial charge on any atom is 0.154 e. The molecule has 0 bridgehead atoms. The third kappa shape index (κ3) is 5.22. The van der Waals surface area contributed by atoms with Crippen molar-refractivity contribution in [1.82, 2.24) is 0 Å². The Hall–Kier alpha value is -1.03. The Balaban J connectivity index is 2.83. The molecule has 0 aliphatic heterocycles. The molecule has 0 fully saturated rings. The van der Waals surface area contributed by atoms with E-state index in [0.717, 1.165) is 5.56 Å². The van der Waals surface area contributed by atoms with Gasteiger partial charge in [0.1, 0.15) is 5.75 Å². The van der Waals surface area contributed by atoms with E-state index in [1.54, 1.807) is 25.3 Å². The van der Waals surface area contributed by atoms with Gasteiger partial charge in [-0.1, -0.05) is 32.9 Å². The van der Waals surface area contributed by atoms with Gasteiger partial charge in [0.25, 0.3) is 0 Å². The van der Waals surface area contributed by atoms with Gasteiger partial charge in [-0.05, 0) is 23.1 Å². The molecule has 1 aromatic carbocycles.